The Balaban J connectivity index is 1.28. The molecule has 48 heavy (non-hydrogen) atoms. The molecule has 0 amide bonds. The number of rotatable bonds is 16. The molecule has 0 aliphatic carbocycles. The number of hydrogen-bond acceptors (Lipinski definition) is 8. The number of ether oxygens (including phenoxy) is 8. The lowest BCUT2D eigenvalue weighted by Crippen LogP contribution is -2.62. The van der Waals surface area contributed by atoms with Gasteiger partial charge in [-0.3, -0.25) is 0 Å². The highest BCUT2D eigenvalue weighted by Gasteiger charge is 2.49. The highest BCUT2D eigenvalue weighted by molar-refractivity contribution is 5.16. The molecular weight excluding hydrogens is 608 g/mol. The normalized spacial score (nSPS) is 25.2. The van der Waals surface area contributed by atoms with Crippen molar-refractivity contribution < 1.29 is 37.9 Å². The molecule has 2 aliphatic rings. The van der Waals surface area contributed by atoms with Crippen LogP contribution in [0, 0.1) is 0 Å². The van der Waals surface area contributed by atoms with E-state index in [2.05, 4.69) is 0 Å². The predicted octanol–water partition coefficient (Wildman–Crippen LogP) is 6.85. The summed E-state index contributed by atoms with van der Waals surface area (Å²) in [6.07, 6.45) is -3.27. The highest BCUT2D eigenvalue weighted by atomic mass is 16.8. The zero-order valence-corrected chi connectivity index (χ0v) is 27.7. The Morgan fingerprint density at radius 3 is 1.48 bits per heavy atom. The summed E-state index contributed by atoms with van der Waals surface area (Å²) in [6.45, 7) is 6.26. The van der Waals surface area contributed by atoms with E-state index >= 15 is 0 Å². The van der Waals surface area contributed by atoms with Crippen LogP contribution in [0.2, 0.25) is 0 Å². The molecule has 0 aromatic heterocycles. The lowest BCUT2D eigenvalue weighted by molar-refractivity contribution is -0.331. The highest BCUT2D eigenvalue weighted by Crippen LogP contribution is 2.32. The van der Waals surface area contributed by atoms with Crippen LogP contribution in [0.15, 0.2) is 121 Å². The largest absolute Gasteiger partial charge is 0.374 e. The minimum Gasteiger partial charge on any atom is -0.374 e. The van der Waals surface area contributed by atoms with Crippen molar-refractivity contribution in [2.45, 2.75) is 82.9 Å². The second-order valence-corrected chi connectivity index (χ2v) is 12.6. The molecule has 2 heterocycles. The fraction of sp³-hybridized carbons (Fsp3) is 0.400. The number of benzene rings is 4. The minimum absolute atomic E-state index is 0.248. The van der Waals surface area contributed by atoms with Gasteiger partial charge in [-0.15, -0.1) is 0 Å². The monoisotopic (exact) mass is 654 g/mol. The molecule has 2 saturated heterocycles. The van der Waals surface area contributed by atoms with Crippen molar-refractivity contribution in [1.82, 2.24) is 0 Å². The molecule has 0 saturated carbocycles. The maximum absolute atomic E-state index is 6.78. The van der Waals surface area contributed by atoms with Crippen LogP contribution in [-0.2, 0) is 64.3 Å². The maximum Gasteiger partial charge on any atom is 0.187 e. The van der Waals surface area contributed by atoms with Gasteiger partial charge >= 0.3 is 0 Å². The summed E-state index contributed by atoms with van der Waals surface area (Å²) in [5.41, 5.74) is 4.19. The van der Waals surface area contributed by atoms with Gasteiger partial charge in [0.05, 0.1) is 46.2 Å². The van der Waals surface area contributed by atoms with Crippen molar-refractivity contribution in [3.63, 3.8) is 0 Å². The fourth-order valence-corrected chi connectivity index (χ4v) is 5.93. The Morgan fingerprint density at radius 1 is 0.542 bits per heavy atom. The van der Waals surface area contributed by atoms with Gasteiger partial charge in [0.25, 0.3) is 0 Å². The van der Waals surface area contributed by atoms with Gasteiger partial charge in [-0.25, -0.2) is 0 Å². The summed E-state index contributed by atoms with van der Waals surface area (Å²) in [4.78, 5) is 0. The third-order valence-corrected chi connectivity index (χ3v) is 8.35. The van der Waals surface area contributed by atoms with Crippen LogP contribution in [0.25, 0.3) is 0 Å². The van der Waals surface area contributed by atoms with Crippen molar-refractivity contribution in [3.05, 3.63) is 144 Å². The molecule has 4 aromatic rings. The molecule has 6 atom stereocenters. The van der Waals surface area contributed by atoms with Crippen molar-refractivity contribution in [1.29, 1.82) is 0 Å². The first-order valence-corrected chi connectivity index (χ1v) is 16.7. The van der Waals surface area contributed by atoms with Crippen LogP contribution in [0.1, 0.15) is 36.1 Å². The number of hydrogen-bond donors (Lipinski definition) is 0. The zero-order valence-electron chi connectivity index (χ0n) is 27.7. The first-order valence-electron chi connectivity index (χ1n) is 16.7. The molecule has 0 N–H and O–H groups in total. The summed E-state index contributed by atoms with van der Waals surface area (Å²) in [6, 6.07) is 40.4. The lowest BCUT2D eigenvalue weighted by atomic mass is 9.97. The van der Waals surface area contributed by atoms with Gasteiger partial charge in [0, 0.05) is 0 Å². The molecule has 2 aliphatic heterocycles. The molecule has 8 heteroatoms. The van der Waals surface area contributed by atoms with E-state index in [-0.39, 0.29) is 19.3 Å². The van der Waals surface area contributed by atoms with Crippen molar-refractivity contribution in [3.8, 4) is 0 Å². The van der Waals surface area contributed by atoms with Gasteiger partial charge in [0.15, 0.2) is 12.1 Å². The quantitative estimate of drug-likeness (QED) is 0.130. The van der Waals surface area contributed by atoms with E-state index in [0.717, 1.165) is 22.3 Å². The molecule has 0 bridgehead atoms. The van der Waals surface area contributed by atoms with E-state index in [4.69, 9.17) is 37.9 Å². The van der Waals surface area contributed by atoms with Gasteiger partial charge < -0.3 is 37.9 Å². The van der Waals surface area contributed by atoms with Gasteiger partial charge in [0.1, 0.15) is 30.5 Å². The summed E-state index contributed by atoms with van der Waals surface area (Å²) < 4.78 is 51.6. The van der Waals surface area contributed by atoms with Gasteiger partial charge in [-0.2, -0.15) is 0 Å². The van der Waals surface area contributed by atoms with Crippen LogP contribution < -0.4 is 0 Å². The Bertz CT molecular complexity index is 1470. The fourth-order valence-electron chi connectivity index (χ4n) is 5.93. The van der Waals surface area contributed by atoms with Gasteiger partial charge in [-0.1, -0.05) is 121 Å². The summed E-state index contributed by atoms with van der Waals surface area (Å²) in [5.74, 6) is -0.670. The van der Waals surface area contributed by atoms with E-state index in [1.807, 2.05) is 135 Å². The molecular formula is C40H46O8. The smallest absolute Gasteiger partial charge is 0.187 e. The van der Waals surface area contributed by atoms with Crippen LogP contribution in [0.5, 0.6) is 0 Å². The molecule has 4 aromatic carbocycles. The van der Waals surface area contributed by atoms with Gasteiger partial charge in [-0.05, 0) is 36.1 Å². The Labute approximate surface area is 283 Å². The first-order chi connectivity index (χ1) is 23.5. The minimum atomic E-state index is -0.788. The molecule has 2 fully saturated rings. The third kappa shape index (κ3) is 10.0. The molecule has 0 spiro atoms. The van der Waals surface area contributed by atoms with E-state index in [0.29, 0.717) is 33.0 Å². The van der Waals surface area contributed by atoms with E-state index in [1.165, 1.54) is 0 Å². The average Bonchev–Trinajstić information content (AvgIpc) is 3.48. The lowest BCUT2D eigenvalue weighted by Gasteiger charge is -2.46. The Kier molecular flexibility index (Phi) is 12.4. The van der Waals surface area contributed by atoms with Crippen LogP contribution in [0.3, 0.4) is 0 Å². The molecule has 6 rings (SSSR count). The second-order valence-electron chi connectivity index (χ2n) is 12.6. The predicted molar refractivity (Wildman–Crippen MR) is 181 cm³/mol. The Morgan fingerprint density at radius 2 is 1.00 bits per heavy atom. The summed E-state index contributed by atoms with van der Waals surface area (Å²) >= 11 is 0. The van der Waals surface area contributed by atoms with Crippen LogP contribution in [0.4, 0.5) is 0 Å². The Hall–Kier alpha value is -3.44. The SMILES string of the molecule is CC1(C)OC[C@@H](CO[C@@H]2O[C@H](COCc3ccccc3)[C@@H](OCc3ccccc3)[C@H](OCc3ccccc3)[C@H]2OCc2ccccc2)O1. The average molecular weight is 655 g/mol. The van der Waals surface area contributed by atoms with Crippen LogP contribution in [-0.4, -0.2) is 62.4 Å². The first kappa shape index (κ1) is 34.4. The molecule has 0 unspecified atom stereocenters. The van der Waals surface area contributed by atoms with E-state index in [9.17, 15) is 0 Å². The maximum atomic E-state index is 6.78. The molecule has 254 valence electrons. The molecule has 0 radical (unpaired) electrons. The summed E-state index contributed by atoms with van der Waals surface area (Å²) in [5, 5.41) is 0. The zero-order chi connectivity index (χ0) is 33.0. The van der Waals surface area contributed by atoms with E-state index in [1.54, 1.807) is 0 Å². The summed E-state index contributed by atoms with van der Waals surface area (Å²) in [7, 11) is 0. The second kappa shape index (κ2) is 17.3. The van der Waals surface area contributed by atoms with Crippen molar-refractivity contribution in [2.24, 2.45) is 0 Å². The van der Waals surface area contributed by atoms with Crippen LogP contribution >= 0.6 is 0 Å². The topological polar surface area (TPSA) is 73.8 Å². The molecule has 8 nitrogen and oxygen atoms in total. The standard InChI is InChI=1S/C40H46O8/c1-40(2)46-28-34(48-40)27-45-39-38(44-26-33-21-13-6-14-22-33)37(43-25-32-19-11-5-12-20-32)36(42-24-31-17-9-4-10-18-31)35(47-39)29-41-23-30-15-7-3-8-16-30/h3-22,34-39H,23-29H2,1-2H3/t34-,35-,36-,37+,38-,39-/m1/s1. The third-order valence-electron chi connectivity index (χ3n) is 8.35. The van der Waals surface area contributed by atoms with E-state index < -0.39 is 36.5 Å². The van der Waals surface area contributed by atoms with Gasteiger partial charge in [0.2, 0.25) is 0 Å². The van der Waals surface area contributed by atoms with Crippen molar-refractivity contribution >= 4 is 0 Å². The van der Waals surface area contributed by atoms with Crippen molar-refractivity contribution in [2.75, 3.05) is 19.8 Å².